The average molecular weight is 426 g/mol. The van der Waals surface area contributed by atoms with Crippen LogP contribution in [0, 0.1) is 18.6 Å². The summed E-state index contributed by atoms with van der Waals surface area (Å²) in [7, 11) is 1.49. The number of nitrogens with one attached hydrogen (secondary N) is 2. The number of anilines is 2. The van der Waals surface area contributed by atoms with E-state index in [1.807, 2.05) is 0 Å². The Balaban J connectivity index is 1.82. The SMILES string of the molecule is CNC(=O)c1cc(-c2ccc(NC(=O)[C@@H](O)c3cc(F)cc(F)c3)cc2C)cnc1N. The van der Waals surface area contributed by atoms with Gasteiger partial charge in [0.05, 0.1) is 5.56 Å². The van der Waals surface area contributed by atoms with Crippen molar-refractivity contribution in [2.24, 2.45) is 0 Å². The monoisotopic (exact) mass is 426 g/mol. The maximum Gasteiger partial charge on any atom is 0.257 e. The van der Waals surface area contributed by atoms with Crippen LogP contribution in [-0.4, -0.2) is 29.0 Å². The predicted molar refractivity (Wildman–Crippen MR) is 112 cm³/mol. The third kappa shape index (κ3) is 4.84. The van der Waals surface area contributed by atoms with Gasteiger partial charge in [-0.2, -0.15) is 0 Å². The number of carbonyl (C=O) groups is 2. The first-order valence-electron chi connectivity index (χ1n) is 9.23. The molecule has 3 aromatic rings. The van der Waals surface area contributed by atoms with E-state index in [4.69, 9.17) is 5.73 Å². The molecular weight excluding hydrogens is 406 g/mol. The lowest BCUT2D eigenvalue weighted by Crippen LogP contribution is -2.21. The second kappa shape index (κ2) is 8.88. The number of rotatable bonds is 5. The molecule has 0 aliphatic rings. The van der Waals surface area contributed by atoms with E-state index in [0.29, 0.717) is 17.3 Å². The van der Waals surface area contributed by atoms with Crippen molar-refractivity contribution in [2.45, 2.75) is 13.0 Å². The Morgan fingerprint density at radius 3 is 2.39 bits per heavy atom. The van der Waals surface area contributed by atoms with Crippen LogP contribution in [0.3, 0.4) is 0 Å². The fourth-order valence-corrected chi connectivity index (χ4v) is 3.10. The molecule has 5 N–H and O–H groups in total. The van der Waals surface area contributed by atoms with E-state index in [0.717, 1.165) is 23.3 Å². The number of pyridine rings is 1. The number of nitrogens with two attached hydrogens (primary N) is 1. The minimum absolute atomic E-state index is 0.104. The van der Waals surface area contributed by atoms with Crippen molar-refractivity contribution in [1.82, 2.24) is 10.3 Å². The number of carbonyl (C=O) groups excluding carboxylic acids is 2. The van der Waals surface area contributed by atoms with Crippen LogP contribution >= 0.6 is 0 Å². The fourth-order valence-electron chi connectivity index (χ4n) is 3.10. The Bertz CT molecular complexity index is 1150. The Morgan fingerprint density at radius 2 is 1.77 bits per heavy atom. The molecule has 7 nitrogen and oxygen atoms in total. The number of amides is 2. The molecule has 2 aromatic carbocycles. The van der Waals surface area contributed by atoms with E-state index in [1.165, 1.54) is 13.2 Å². The van der Waals surface area contributed by atoms with Gasteiger partial charge in [0.2, 0.25) is 0 Å². The van der Waals surface area contributed by atoms with Gasteiger partial charge in [-0.25, -0.2) is 13.8 Å². The third-order valence-electron chi connectivity index (χ3n) is 4.64. The number of hydrogen-bond donors (Lipinski definition) is 4. The molecule has 0 saturated carbocycles. The summed E-state index contributed by atoms with van der Waals surface area (Å²) in [5.74, 6) is -2.89. The van der Waals surface area contributed by atoms with Crippen LogP contribution in [0.1, 0.15) is 27.6 Å². The molecule has 0 saturated heterocycles. The summed E-state index contributed by atoms with van der Waals surface area (Å²) >= 11 is 0. The molecule has 9 heteroatoms. The molecule has 1 aromatic heterocycles. The highest BCUT2D eigenvalue weighted by Crippen LogP contribution is 2.28. The number of aromatic nitrogens is 1. The van der Waals surface area contributed by atoms with Crippen molar-refractivity contribution >= 4 is 23.3 Å². The van der Waals surface area contributed by atoms with E-state index in [9.17, 15) is 23.5 Å². The topological polar surface area (TPSA) is 117 Å². The van der Waals surface area contributed by atoms with Gasteiger partial charge in [0.1, 0.15) is 17.5 Å². The standard InChI is InChI=1S/C22H20F2N4O3/c1-11-5-16(28-22(31)19(29)12-6-14(23)9-15(24)7-12)3-4-17(11)13-8-18(21(30)26-2)20(25)27-10-13/h3-10,19,29H,1-2H3,(H2,25,27)(H,26,30)(H,28,31)/t19-/m0/s1. The van der Waals surface area contributed by atoms with Crippen molar-refractivity contribution in [3.8, 4) is 11.1 Å². The number of benzene rings is 2. The summed E-state index contributed by atoms with van der Waals surface area (Å²) in [4.78, 5) is 28.3. The van der Waals surface area contributed by atoms with Crippen LogP contribution in [0.25, 0.3) is 11.1 Å². The van der Waals surface area contributed by atoms with Gasteiger partial charge in [0.15, 0.2) is 6.10 Å². The van der Waals surface area contributed by atoms with Crippen molar-refractivity contribution < 1.29 is 23.5 Å². The molecule has 1 atom stereocenters. The zero-order valence-electron chi connectivity index (χ0n) is 16.7. The van der Waals surface area contributed by atoms with Crippen LogP contribution < -0.4 is 16.4 Å². The molecular formula is C22H20F2N4O3. The van der Waals surface area contributed by atoms with Gasteiger partial charge in [-0.05, 0) is 53.9 Å². The van der Waals surface area contributed by atoms with Gasteiger partial charge in [-0.1, -0.05) is 6.07 Å². The van der Waals surface area contributed by atoms with Gasteiger partial charge in [0.25, 0.3) is 11.8 Å². The highest BCUT2D eigenvalue weighted by atomic mass is 19.1. The van der Waals surface area contributed by atoms with E-state index < -0.39 is 23.6 Å². The molecule has 1 heterocycles. The van der Waals surface area contributed by atoms with Gasteiger partial charge >= 0.3 is 0 Å². The largest absolute Gasteiger partial charge is 0.383 e. The average Bonchev–Trinajstić information content (AvgIpc) is 2.72. The number of aryl methyl sites for hydroxylation is 1. The lowest BCUT2D eigenvalue weighted by Gasteiger charge is -2.14. The second-order valence-electron chi connectivity index (χ2n) is 6.86. The smallest absolute Gasteiger partial charge is 0.257 e. The van der Waals surface area contributed by atoms with Crippen LogP contribution in [0.5, 0.6) is 0 Å². The van der Waals surface area contributed by atoms with Gasteiger partial charge in [-0.3, -0.25) is 9.59 Å². The quantitative estimate of drug-likeness (QED) is 0.500. The van der Waals surface area contributed by atoms with Crippen LogP contribution in [0.15, 0.2) is 48.7 Å². The summed E-state index contributed by atoms with van der Waals surface area (Å²) < 4.78 is 26.7. The Kier molecular flexibility index (Phi) is 6.26. The Hall–Kier alpha value is -3.85. The molecule has 160 valence electrons. The lowest BCUT2D eigenvalue weighted by atomic mass is 9.99. The van der Waals surface area contributed by atoms with Gasteiger partial charge in [0, 0.05) is 30.6 Å². The molecule has 0 radical (unpaired) electrons. The van der Waals surface area contributed by atoms with Gasteiger partial charge < -0.3 is 21.5 Å². The fraction of sp³-hybridized carbons (Fsp3) is 0.136. The first kappa shape index (κ1) is 21.8. The maximum atomic E-state index is 13.3. The first-order chi connectivity index (χ1) is 14.7. The number of halogens is 2. The number of aliphatic hydroxyl groups is 1. The Labute approximate surface area is 176 Å². The van der Waals surface area contributed by atoms with Crippen molar-refractivity contribution in [1.29, 1.82) is 0 Å². The number of hydrogen-bond acceptors (Lipinski definition) is 5. The molecule has 0 aliphatic carbocycles. The molecule has 0 fully saturated rings. The molecule has 0 unspecified atom stereocenters. The normalized spacial score (nSPS) is 11.6. The minimum atomic E-state index is -1.75. The van der Waals surface area contributed by atoms with E-state index >= 15 is 0 Å². The third-order valence-corrected chi connectivity index (χ3v) is 4.64. The summed E-state index contributed by atoms with van der Waals surface area (Å²) in [5, 5.41) is 15.1. The van der Waals surface area contributed by atoms with Crippen LogP contribution in [-0.2, 0) is 4.79 Å². The summed E-state index contributed by atoms with van der Waals surface area (Å²) in [6.45, 7) is 1.79. The predicted octanol–water partition coefficient (Wildman–Crippen LogP) is 2.95. The second-order valence-corrected chi connectivity index (χ2v) is 6.86. The van der Waals surface area contributed by atoms with Gasteiger partial charge in [-0.15, -0.1) is 0 Å². The van der Waals surface area contributed by atoms with E-state index in [1.54, 1.807) is 31.2 Å². The highest BCUT2D eigenvalue weighted by molar-refractivity contribution is 5.99. The zero-order valence-corrected chi connectivity index (χ0v) is 16.7. The lowest BCUT2D eigenvalue weighted by molar-refractivity contribution is -0.124. The first-order valence-corrected chi connectivity index (χ1v) is 9.23. The molecule has 31 heavy (non-hydrogen) atoms. The highest BCUT2D eigenvalue weighted by Gasteiger charge is 2.20. The number of nitrogens with zero attached hydrogens (tertiary/aromatic N) is 1. The summed E-state index contributed by atoms with van der Waals surface area (Å²) in [5.41, 5.74) is 8.33. The molecule has 0 bridgehead atoms. The summed E-state index contributed by atoms with van der Waals surface area (Å²) in [6, 6.07) is 9.00. The number of nitrogen functional groups attached to an aromatic ring is 1. The molecule has 0 aliphatic heterocycles. The molecule has 3 rings (SSSR count). The maximum absolute atomic E-state index is 13.3. The van der Waals surface area contributed by atoms with Crippen molar-refractivity contribution in [3.63, 3.8) is 0 Å². The van der Waals surface area contributed by atoms with Crippen molar-refractivity contribution in [2.75, 3.05) is 18.1 Å². The van der Waals surface area contributed by atoms with Crippen LogP contribution in [0.4, 0.5) is 20.3 Å². The zero-order chi connectivity index (χ0) is 22.7. The molecule has 0 spiro atoms. The van der Waals surface area contributed by atoms with E-state index in [2.05, 4.69) is 15.6 Å². The van der Waals surface area contributed by atoms with Crippen molar-refractivity contribution in [3.05, 3.63) is 77.0 Å². The minimum Gasteiger partial charge on any atom is -0.383 e. The Morgan fingerprint density at radius 1 is 1.10 bits per heavy atom. The summed E-state index contributed by atoms with van der Waals surface area (Å²) in [6.07, 6.45) is -0.216. The van der Waals surface area contributed by atoms with E-state index in [-0.39, 0.29) is 22.9 Å². The number of aliphatic hydroxyl groups excluding tert-OH is 1. The van der Waals surface area contributed by atoms with Crippen LogP contribution in [0.2, 0.25) is 0 Å². The molecule has 2 amide bonds.